The molecule has 7 nitrogen and oxygen atoms in total. The average molecular weight is 465 g/mol. The minimum Gasteiger partial charge on any atom is -0.507 e. The zero-order chi connectivity index (χ0) is 23.7. The first-order valence-electron chi connectivity index (χ1n) is 10.1. The molecule has 0 radical (unpaired) electrons. The molecule has 1 fully saturated rings. The molecule has 2 heterocycles. The highest BCUT2D eigenvalue weighted by molar-refractivity contribution is 6.51. The fourth-order valence-corrected chi connectivity index (χ4v) is 4.20. The lowest BCUT2D eigenvalue weighted by Crippen LogP contribution is -2.30. The van der Waals surface area contributed by atoms with Crippen LogP contribution in [0.4, 0.5) is 5.69 Å². The Morgan fingerprint density at radius 1 is 1.00 bits per heavy atom. The maximum atomic E-state index is 13.2. The summed E-state index contributed by atoms with van der Waals surface area (Å²) in [7, 11) is 2.97. The summed E-state index contributed by atoms with van der Waals surface area (Å²) in [6.07, 6.45) is 3.14. The number of carbonyl (C=O) groups excluding carboxylic acids is 2. The van der Waals surface area contributed by atoms with Gasteiger partial charge in [0, 0.05) is 28.7 Å². The van der Waals surface area contributed by atoms with Gasteiger partial charge in [-0.3, -0.25) is 19.5 Å². The molecule has 4 rings (SSSR count). The monoisotopic (exact) mass is 464 g/mol. The van der Waals surface area contributed by atoms with E-state index < -0.39 is 17.7 Å². The summed E-state index contributed by atoms with van der Waals surface area (Å²) in [5.41, 5.74) is 2.15. The molecule has 1 saturated heterocycles. The van der Waals surface area contributed by atoms with Crippen LogP contribution in [0.2, 0.25) is 5.02 Å². The number of halogens is 1. The van der Waals surface area contributed by atoms with Crippen LogP contribution in [0.3, 0.4) is 0 Å². The van der Waals surface area contributed by atoms with E-state index in [2.05, 4.69) is 4.98 Å². The first kappa shape index (κ1) is 22.4. The van der Waals surface area contributed by atoms with Gasteiger partial charge in [-0.2, -0.15) is 0 Å². The van der Waals surface area contributed by atoms with E-state index in [-0.39, 0.29) is 11.3 Å². The van der Waals surface area contributed by atoms with Crippen molar-refractivity contribution >= 4 is 34.7 Å². The van der Waals surface area contributed by atoms with Gasteiger partial charge in [0.1, 0.15) is 5.76 Å². The van der Waals surface area contributed by atoms with Gasteiger partial charge in [-0.05, 0) is 66.6 Å². The van der Waals surface area contributed by atoms with Gasteiger partial charge in [0.2, 0.25) is 0 Å². The van der Waals surface area contributed by atoms with Crippen LogP contribution in [0.15, 0.2) is 66.5 Å². The molecule has 168 valence electrons. The number of nitrogens with zero attached hydrogens (tertiary/aromatic N) is 2. The van der Waals surface area contributed by atoms with E-state index in [1.54, 1.807) is 67.8 Å². The maximum Gasteiger partial charge on any atom is 0.300 e. The number of aryl methyl sites for hydroxylation is 1. The van der Waals surface area contributed by atoms with Crippen LogP contribution in [0.25, 0.3) is 5.76 Å². The van der Waals surface area contributed by atoms with Crippen molar-refractivity contribution in [3.05, 3.63) is 88.2 Å². The molecule has 1 aliphatic rings. The van der Waals surface area contributed by atoms with Crippen LogP contribution in [0.1, 0.15) is 22.7 Å². The normalized spacial score (nSPS) is 17.3. The highest BCUT2D eigenvalue weighted by atomic mass is 35.5. The lowest BCUT2D eigenvalue weighted by molar-refractivity contribution is -0.132. The summed E-state index contributed by atoms with van der Waals surface area (Å²) in [6, 6.07) is 12.4. The number of aromatic nitrogens is 1. The SMILES string of the molecule is COc1ccc(/C(O)=C2\C(=O)C(=O)N(c3ccc(Cl)cc3C)C2c2ccncc2)cc1OC. The molecule has 1 N–H and O–H groups in total. The molecule has 1 atom stereocenters. The quantitative estimate of drug-likeness (QED) is 0.335. The summed E-state index contributed by atoms with van der Waals surface area (Å²) >= 11 is 6.10. The summed E-state index contributed by atoms with van der Waals surface area (Å²) in [4.78, 5) is 31.9. The molecule has 0 bridgehead atoms. The third kappa shape index (κ3) is 3.91. The number of ether oxygens (including phenoxy) is 2. The van der Waals surface area contributed by atoms with Crippen molar-refractivity contribution in [1.82, 2.24) is 4.98 Å². The third-order valence-electron chi connectivity index (χ3n) is 5.54. The van der Waals surface area contributed by atoms with Gasteiger partial charge in [0.05, 0.1) is 25.8 Å². The van der Waals surface area contributed by atoms with Crippen LogP contribution < -0.4 is 14.4 Å². The molecule has 1 aliphatic heterocycles. The number of pyridine rings is 1. The molecular formula is C25H21ClN2O5. The highest BCUT2D eigenvalue weighted by Crippen LogP contribution is 2.44. The van der Waals surface area contributed by atoms with Crippen LogP contribution in [-0.2, 0) is 9.59 Å². The molecule has 1 aromatic heterocycles. The molecule has 0 saturated carbocycles. The second-order valence-corrected chi connectivity index (χ2v) is 7.89. The number of carbonyl (C=O) groups is 2. The Morgan fingerprint density at radius 2 is 1.70 bits per heavy atom. The van der Waals surface area contributed by atoms with Crippen LogP contribution >= 0.6 is 11.6 Å². The first-order chi connectivity index (χ1) is 15.9. The number of Topliss-reactive ketones (excluding diaryl/α,β-unsaturated/α-hetero) is 1. The van der Waals surface area contributed by atoms with Gasteiger partial charge in [-0.1, -0.05) is 11.6 Å². The first-order valence-corrected chi connectivity index (χ1v) is 10.4. The van der Waals surface area contributed by atoms with Gasteiger partial charge < -0.3 is 14.6 Å². The van der Waals surface area contributed by atoms with E-state index in [0.717, 1.165) is 5.56 Å². The fraction of sp³-hybridized carbons (Fsp3) is 0.160. The maximum absolute atomic E-state index is 13.2. The number of amides is 1. The van der Waals surface area contributed by atoms with Gasteiger partial charge >= 0.3 is 0 Å². The Kier molecular flexibility index (Phi) is 6.07. The van der Waals surface area contributed by atoms with Crippen molar-refractivity contribution in [2.24, 2.45) is 0 Å². The molecular weight excluding hydrogens is 444 g/mol. The molecule has 0 aliphatic carbocycles. The van der Waals surface area contributed by atoms with E-state index in [9.17, 15) is 14.7 Å². The predicted octanol–water partition coefficient (Wildman–Crippen LogP) is 4.69. The molecule has 1 unspecified atom stereocenters. The lowest BCUT2D eigenvalue weighted by atomic mass is 9.95. The largest absolute Gasteiger partial charge is 0.507 e. The Morgan fingerprint density at radius 3 is 2.33 bits per heavy atom. The van der Waals surface area contributed by atoms with Gasteiger partial charge in [0.15, 0.2) is 11.5 Å². The van der Waals surface area contributed by atoms with Crippen molar-refractivity contribution in [1.29, 1.82) is 0 Å². The zero-order valence-electron chi connectivity index (χ0n) is 18.2. The Bertz CT molecular complexity index is 1270. The van der Waals surface area contributed by atoms with Gasteiger partial charge in [0.25, 0.3) is 11.7 Å². The van der Waals surface area contributed by atoms with E-state index in [0.29, 0.717) is 33.3 Å². The lowest BCUT2D eigenvalue weighted by Gasteiger charge is -2.26. The van der Waals surface area contributed by atoms with Crippen LogP contribution in [0.5, 0.6) is 11.5 Å². The molecule has 33 heavy (non-hydrogen) atoms. The highest BCUT2D eigenvalue weighted by Gasteiger charge is 2.47. The average Bonchev–Trinajstić information content (AvgIpc) is 3.09. The molecule has 2 aromatic carbocycles. The number of hydrogen-bond donors (Lipinski definition) is 1. The van der Waals surface area contributed by atoms with Gasteiger partial charge in [-0.15, -0.1) is 0 Å². The van der Waals surface area contributed by atoms with E-state index in [1.807, 2.05) is 0 Å². The van der Waals surface area contributed by atoms with Crippen molar-refractivity contribution < 1.29 is 24.2 Å². The Labute approximate surface area is 195 Å². The topological polar surface area (TPSA) is 89.0 Å². The second-order valence-electron chi connectivity index (χ2n) is 7.45. The number of benzene rings is 2. The molecule has 1 amide bonds. The number of hydrogen-bond acceptors (Lipinski definition) is 6. The third-order valence-corrected chi connectivity index (χ3v) is 5.78. The summed E-state index contributed by atoms with van der Waals surface area (Å²) in [6.45, 7) is 1.80. The number of aliphatic hydroxyl groups is 1. The number of aliphatic hydroxyl groups excluding tert-OH is 1. The van der Waals surface area contributed by atoms with Gasteiger partial charge in [-0.25, -0.2) is 0 Å². The molecule has 0 spiro atoms. The zero-order valence-corrected chi connectivity index (χ0v) is 19.0. The smallest absolute Gasteiger partial charge is 0.300 e. The van der Waals surface area contributed by atoms with Crippen molar-refractivity contribution in [3.8, 4) is 11.5 Å². The van der Waals surface area contributed by atoms with Crippen LogP contribution in [-0.4, -0.2) is 36.0 Å². The standard InChI is InChI=1S/C25H21ClN2O5/c1-14-12-17(26)5-6-18(14)28-22(15-8-10-27-11-9-15)21(24(30)25(28)31)23(29)16-4-7-19(32-2)20(13-16)33-3/h4-13,22,29H,1-3H3/b23-21+. The Hall–Kier alpha value is -3.84. The van der Waals surface area contributed by atoms with Crippen molar-refractivity contribution in [3.63, 3.8) is 0 Å². The number of anilines is 1. The summed E-state index contributed by atoms with van der Waals surface area (Å²) in [5, 5.41) is 11.8. The summed E-state index contributed by atoms with van der Waals surface area (Å²) in [5.74, 6) is -1.00. The fourth-order valence-electron chi connectivity index (χ4n) is 3.97. The number of rotatable bonds is 5. The van der Waals surface area contributed by atoms with E-state index in [1.165, 1.54) is 19.1 Å². The Balaban J connectivity index is 1.95. The van der Waals surface area contributed by atoms with E-state index >= 15 is 0 Å². The molecule has 3 aromatic rings. The predicted molar refractivity (Wildman–Crippen MR) is 125 cm³/mol. The molecule has 8 heteroatoms. The second kappa shape index (κ2) is 8.96. The minimum atomic E-state index is -0.860. The van der Waals surface area contributed by atoms with E-state index in [4.69, 9.17) is 21.1 Å². The van der Waals surface area contributed by atoms with Crippen LogP contribution in [0, 0.1) is 6.92 Å². The number of ketones is 1. The van der Waals surface area contributed by atoms with Crippen molar-refractivity contribution in [2.45, 2.75) is 13.0 Å². The minimum absolute atomic E-state index is 0.0345. The summed E-state index contributed by atoms with van der Waals surface area (Å²) < 4.78 is 10.6. The number of methoxy groups -OCH3 is 2. The van der Waals surface area contributed by atoms with Crippen molar-refractivity contribution in [2.75, 3.05) is 19.1 Å².